The van der Waals surface area contributed by atoms with Gasteiger partial charge >= 0.3 is 5.97 Å². The zero-order chi connectivity index (χ0) is 12.0. The summed E-state index contributed by atoms with van der Waals surface area (Å²) in [5.74, 6) is 0.116. The Kier molecular flexibility index (Phi) is 4.76. The number of carbonyl (C=O) groups excluding carboxylic acids is 1. The van der Waals surface area contributed by atoms with Crippen molar-refractivity contribution < 1.29 is 18.7 Å². The molecule has 0 unspecified atom stereocenters. The average Bonchev–Trinajstić information content (AvgIpc) is 2.26. The highest BCUT2D eigenvalue weighted by Gasteiger charge is 2.03. The zero-order valence-electron chi connectivity index (χ0n) is 9.46. The molecule has 0 aromatic heterocycles. The second kappa shape index (κ2) is 6.10. The Morgan fingerprint density at radius 3 is 2.81 bits per heavy atom. The second-order valence-corrected chi connectivity index (χ2v) is 3.44. The summed E-state index contributed by atoms with van der Waals surface area (Å²) in [6.45, 7) is 2.19. The summed E-state index contributed by atoms with van der Waals surface area (Å²) in [5.41, 5.74) is 0.748. The number of methoxy groups -OCH3 is 1. The Hall–Kier alpha value is -1.58. The van der Waals surface area contributed by atoms with Gasteiger partial charge in [-0.2, -0.15) is 0 Å². The number of halogens is 1. The Labute approximate surface area is 94.2 Å². The van der Waals surface area contributed by atoms with Crippen LogP contribution in [0.15, 0.2) is 18.2 Å². The average molecular weight is 226 g/mol. The van der Waals surface area contributed by atoms with Gasteiger partial charge in [-0.05, 0) is 37.1 Å². The molecule has 0 bridgehead atoms. The van der Waals surface area contributed by atoms with Crippen molar-refractivity contribution in [3.8, 4) is 5.75 Å². The fraction of sp³-hybridized carbons (Fsp3) is 0.417. The zero-order valence-corrected chi connectivity index (χ0v) is 9.46. The third kappa shape index (κ3) is 3.88. The van der Waals surface area contributed by atoms with E-state index in [9.17, 15) is 9.18 Å². The van der Waals surface area contributed by atoms with Gasteiger partial charge in [0, 0.05) is 6.42 Å². The first-order valence-corrected chi connectivity index (χ1v) is 5.09. The van der Waals surface area contributed by atoms with Crippen molar-refractivity contribution in [1.29, 1.82) is 0 Å². The molecule has 0 saturated carbocycles. The van der Waals surface area contributed by atoms with Crippen LogP contribution in [0.25, 0.3) is 0 Å². The lowest BCUT2D eigenvalue weighted by atomic mass is 10.2. The maximum absolute atomic E-state index is 12.8. The third-order valence-electron chi connectivity index (χ3n) is 2.15. The molecule has 0 aliphatic carbocycles. The molecule has 1 aromatic carbocycles. The summed E-state index contributed by atoms with van der Waals surface area (Å²) >= 11 is 0. The molecule has 3 nitrogen and oxygen atoms in total. The number of rotatable bonds is 5. The highest BCUT2D eigenvalue weighted by atomic mass is 19.1. The van der Waals surface area contributed by atoms with Crippen LogP contribution in [0.5, 0.6) is 5.75 Å². The van der Waals surface area contributed by atoms with E-state index in [4.69, 9.17) is 4.74 Å². The Morgan fingerprint density at radius 2 is 2.19 bits per heavy atom. The standard InChI is InChI=1S/C12H15FO3/c1-9-8-10(13)5-6-11(9)16-7-3-4-12(14)15-2/h5-6,8H,3-4,7H2,1-2H3. The predicted molar refractivity (Wildman–Crippen MR) is 57.9 cm³/mol. The van der Waals surface area contributed by atoms with E-state index in [1.807, 2.05) is 0 Å². The van der Waals surface area contributed by atoms with Crippen LogP contribution in [0.4, 0.5) is 4.39 Å². The normalized spacial score (nSPS) is 9.94. The summed E-state index contributed by atoms with van der Waals surface area (Å²) in [6.07, 6.45) is 0.917. The molecule has 0 N–H and O–H groups in total. The number of ether oxygens (including phenoxy) is 2. The van der Waals surface area contributed by atoms with E-state index < -0.39 is 0 Å². The maximum atomic E-state index is 12.8. The van der Waals surface area contributed by atoms with E-state index in [-0.39, 0.29) is 11.8 Å². The van der Waals surface area contributed by atoms with E-state index in [1.54, 1.807) is 13.0 Å². The van der Waals surface area contributed by atoms with Gasteiger partial charge in [-0.25, -0.2) is 4.39 Å². The molecule has 0 aliphatic heterocycles. The Morgan fingerprint density at radius 1 is 1.44 bits per heavy atom. The summed E-state index contributed by atoms with van der Waals surface area (Å²) in [5, 5.41) is 0. The predicted octanol–water partition coefficient (Wildman–Crippen LogP) is 2.47. The van der Waals surface area contributed by atoms with Crippen molar-refractivity contribution in [3.63, 3.8) is 0 Å². The van der Waals surface area contributed by atoms with Crippen molar-refractivity contribution in [1.82, 2.24) is 0 Å². The first-order valence-electron chi connectivity index (χ1n) is 5.09. The Balaban J connectivity index is 2.35. The van der Waals surface area contributed by atoms with Crippen LogP contribution in [0.3, 0.4) is 0 Å². The van der Waals surface area contributed by atoms with Crippen molar-refractivity contribution in [2.45, 2.75) is 19.8 Å². The van der Waals surface area contributed by atoms with Crippen LogP contribution >= 0.6 is 0 Å². The number of hydrogen-bond donors (Lipinski definition) is 0. The van der Waals surface area contributed by atoms with Crippen molar-refractivity contribution in [3.05, 3.63) is 29.6 Å². The van der Waals surface area contributed by atoms with Gasteiger partial charge in [0.05, 0.1) is 13.7 Å². The Bertz CT molecular complexity index is 363. The summed E-state index contributed by atoms with van der Waals surface area (Å²) in [4.78, 5) is 10.8. The monoisotopic (exact) mass is 226 g/mol. The lowest BCUT2D eigenvalue weighted by Crippen LogP contribution is -2.05. The first kappa shape index (κ1) is 12.5. The van der Waals surface area contributed by atoms with E-state index in [0.29, 0.717) is 25.2 Å². The van der Waals surface area contributed by atoms with Gasteiger partial charge in [-0.15, -0.1) is 0 Å². The smallest absolute Gasteiger partial charge is 0.305 e. The van der Waals surface area contributed by atoms with E-state index in [2.05, 4.69) is 4.74 Å². The minimum Gasteiger partial charge on any atom is -0.493 e. The van der Waals surface area contributed by atoms with Crippen LogP contribution in [0.2, 0.25) is 0 Å². The molecular formula is C12H15FO3. The highest BCUT2D eigenvalue weighted by Crippen LogP contribution is 2.18. The van der Waals surface area contributed by atoms with Crippen molar-refractivity contribution in [2.75, 3.05) is 13.7 Å². The molecule has 16 heavy (non-hydrogen) atoms. The van der Waals surface area contributed by atoms with Gasteiger partial charge < -0.3 is 9.47 Å². The molecule has 0 heterocycles. The quantitative estimate of drug-likeness (QED) is 0.571. The van der Waals surface area contributed by atoms with Gasteiger partial charge in [0.1, 0.15) is 11.6 Å². The van der Waals surface area contributed by atoms with Crippen LogP contribution in [-0.4, -0.2) is 19.7 Å². The number of benzene rings is 1. The van der Waals surface area contributed by atoms with Crippen molar-refractivity contribution >= 4 is 5.97 Å². The lowest BCUT2D eigenvalue weighted by molar-refractivity contribution is -0.140. The first-order chi connectivity index (χ1) is 7.63. The van der Waals surface area contributed by atoms with Crippen LogP contribution in [0, 0.1) is 12.7 Å². The molecule has 0 spiro atoms. The fourth-order valence-corrected chi connectivity index (χ4v) is 1.28. The maximum Gasteiger partial charge on any atom is 0.305 e. The highest BCUT2D eigenvalue weighted by molar-refractivity contribution is 5.69. The SMILES string of the molecule is COC(=O)CCCOc1ccc(F)cc1C. The summed E-state index contributed by atoms with van der Waals surface area (Å²) in [6, 6.07) is 4.35. The number of carbonyl (C=O) groups is 1. The molecule has 0 aliphatic rings. The largest absolute Gasteiger partial charge is 0.493 e. The topological polar surface area (TPSA) is 35.5 Å². The molecular weight excluding hydrogens is 211 g/mol. The number of hydrogen-bond acceptors (Lipinski definition) is 3. The third-order valence-corrected chi connectivity index (χ3v) is 2.15. The van der Waals surface area contributed by atoms with Crippen LogP contribution in [-0.2, 0) is 9.53 Å². The van der Waals surface area contributed by atoms with Crippen LogP contribution < -0.4 is 4.74 Å². The van der Waals surface area contributed by atoms with E-state index in [1.165, 1.54) is 19.2 Å². The molecule has 1 rings (SSSR count). The lowest BCUT2D eigenvalue weighted by Gasteiger charge is -2.08. The summed E-state index contributed by atoms with van der Waals surface area (Å²) in [7, 11) is 1.35. The van der Waals surface area contributed by atoms with E-state index in [0.717, 1.165) is 5.56 Å². The molecule has 0 amide bonds. The molecule has 0 fully saturated rings. The molecule has 4 heteroatoms. The van der Waals surface area contributed by atoms with Crippen molar-refractivity contribution in [2.24, 2.45) is 0 Å². The van der Waals surface area contributed by atoms with Gasteiger partial charge in [0.25, 0.3) is 0 Å². The minimum absolute atomic E-state index is 0.251. The number of esters is 1. The fourth-order valence-electron chi connectivity index (χ4n) is 1.28. The molecule has 0 saturated heterocycles. The number of aryl methyl sites for hydroxylation is 1. The molecule has 88 valence electrons. The van der Waals surface area contributed by atoms with Gasteiger partial charge in [0.2, 0.25) is 0 Å². The molecule has 0 radical (unpaired) electrons. The minimum atomic E-state index is -0.278. The van der Waals surface area contributed by atoms with E-state index >= 15 is 0 Å². The molecule has 1 aromatic rings. The van der Waals surface area contributed by atoms with Gasteiger partial charge in [0.15, 0.2) is 0 Å². The molecule has 0 atom stereocenters. The van der Waals surface area contributed by atoms with Crippen LogP contribution in [0.1, 0.15) is 18.4 Å². The second-order valence-electron chi connectivity index (χ2n) is 3.44. The summed E-state index contributed by atoms with van der Waals surface area (Å²) < 4.78 is 22.7. The van der Waals surface area contributed by atoms with Gasteiger partial charge in [-0.3, -0.25) is 4.79 Å². The van der Waals surface area contributed by atoms with Gasteiger partial charge in [-0.1, -0.05) is 0 Å².